The molecule has 2 rings (SSSR count). The number of nitrogens with one attached hydrogen (secondary N) is 1. The summed E-state index contributed by atoms with van der Waals surface area (Å²) in [7, 11) is 1.22. The Labute approximate surface area is 138 Å². The van der Waals surface area contributed by atoms with Gasteiger partial charge in [0.15, 0.2) is 0 Å². The lowest BCUT2D eigenvalue weighted by atomic mass is 10.0. The topological polar surface area (TPSA) is 79.2 Å². The second-order valence-corrected chi connectivity index (χ2v) is 5.03. The molecule has 24 heavy (non-hydrogen) atoms. The van der Waals surface area contributed by atoms with E-state index < -0.39 is 23.7 Å². The highest BCUT2D eigenvalue weighted by atomic mass is 19.1. The van der Waals surface area contributed by atoms with Crippen LogP contribution in [0.15, 0.2) is 48.5 Å². The van der Waals surface area contributed by atoms with E-state index in [2.05, 4.69) is 5.32 Å². The van der Waals surface area contributed by atoms with E-state index in [1.54, 1.807) is 24.3 Å². The fraction of sp³-hybridized carbons (Fsp3) is 0.167. The standard InChI is InChI=1S/C18H15FN2O3/c1-24-18(23)16(10-13-4-2-3-5-14(13)11-20)21-17(22)12-6-8-15(19)9-7-12/h2-9,16H,10H2,1H3,(H,21,22)/t16-/m0/s1. The molecule has 5 nitrogen and oxygen atoms in total. The van der Waals surface area contributed by atoms with Gasteiger partial charge in [-0.15, -0.1) is 0 Å². The maximum atomic E-state index is 12.9. The third kappa shape index (κ3) is 4.17. The molecule has 0 unspecified atom stereocenters. The molecule has 1 amide bonds. The van der Waals surface area contributed by atoms with Gasteiger partial charge in [-0.2, -0.15) is 5.26 Å². The van der Waals surface area contributed by atoms with Gasteiger partial charge in [-0.05, 0) is 35.9 Å². The first-order valence-corrected chi connectivity index (χ1v) is 7.17. The maximum absolute atomic E-state index is 12.9. The minimum Gasteiger partial charge on any atom is -0.467 e. The van der Waals surface area contributed by atoms with Gasteiger partial charge in [0.2, 0.25) is 0 Å². The summed E-state index contributed by atoms with van der Waals surface area (Å²) < 4.78 is 17.6. The molecule has 1 atom stereocenters. The zero-order chi connectivity index (χ0) is 17.5. The van der Waals surface area contributed by atoms with Crippen molar-refractivity contribution in [2.75, 3.05) is 7.11 Å². The van der Waals surface area contributed by atoms with Crippen molar-refractivity contribution in [3.8, 4) is 6.07 Å². The third-order valence-corrected chi connectivity index (χ3v) is 3.46. The number of methoxy groups -OCH3 is 1. The van der Waals surface area contributed by atoms with Crippen molar-refractivity contribution in [2.24, 2.45) is 0 Å². The lowest BCUT2D eigenvalue weighted by Crippen LogP contribution is -2.43. The zero-order valence-corrected chi connectivity index (χ0v) is 13.0. The Morgan fingerprint density at radius 3 is 2.50 bits per heavy atom. The van der Waals surface area contributed by atoms with E-state index in [0.29, 0.717) is 11.1 Å². The van der Waals surface area contributed by atoms with Crippen molar-refractivity contribution < 1.29 is 18.7 Å². The third-order valence-electron chi connectivity index (χ3n) is 3.46. The van der Waals surface area contributed by atoms with Crippen LogP contribution in [-0.2, 0) is 16.0 Å². The smallest absolute Gasteiger partial charge is 0.328 e. The molecule has 122 valence electrons. The van der Waals surface area contributed by atoms with Crippen molar-refractivity contribution >= 4 is 11.9 Å². The summed E-state index contributed by atoms with van der Waals surface area (Å²) in [6.07, 6.45) is 0.114. The van der Waals surface area contributed by atoms with Crippen LogP contribution in [0.2, 0.25) is 0 Å². The summed E-state index contributed by atoms with van der Waals surface area (Å²) in [6.45, 7) is 0. The van der Waals surface area contributed by atoms with Crippen molar-refractivity contribution in [3.63, 3.8) is 0 Å². The normalized spacial score (nSPS) is 11.2. The lowest BCUT2D eigenvalue weighted by molar-refractivity contribution is -0.142. The zero-order valence-electron chi connectivity index (χ0n) is 13.0. The minimum absolute atomic E-state index is 0.114. The molecular formula is C18H15FN2O3. The Kier molecular flexibility index (Phi) is 5.63. The summed E-state index contributed by atoms with van der Waals surface area (Å²) in [4.78, 5) is 24.2. The molecule has 0 spiro atoms. The first-order valence-electron chi connectivity index (χ1n) is 7.17. The van der Waals surface area contributed by atoms with Gasteiger partial charge in [0, 0.05) is 12.0 Å². The largest absolute Gasteiger partial charge is 0.467 e. The van der Waals surface area contributed by atoms with Crippen LogP contribution in [0.3, 0.4) is 0 Å². The Morgan fingerprint density at radius 2 is 1.88 bits per heavy atom. The number of nitriles is 1. The molecule has 0 heterocycles. The summed E-state index contributed by atoms with van der Waals surface area (Å²) in [5.74, 6) is -1.61. The highest BCUT2D eigenvalue weighted by molar-refractivity contribution is 5.96. The van der Waals surface area contributed by atoms with E-state index in [1.165, 1.54) is 19.2 Å². The Hall–Kier alpha value is -3.20. The summed E-state index contributed by atoms with van der Waals surface area (Å²) >= 11 is 0. The van der Waals surface area contributed by atoms with Crippen LogP contribution >= 0.6 is 0 Å². The van der Waals surface area contributed by atoms with Crippen LogP contribution in [0.1, 0.15) is 21.5 Å². The summed E-state index contributed by atoms with van der Waals surface area (Å²) in [5, 5.41) is 11.7. The second kappa shape index (κ2) is 7.88. The SMILES string of the molecule is COC(=O)[C@H](Cc1ccccc1C#N)NC(=O)c1ccc(F)cc1. The fourth-order valence-corrected chi connectivity index (χ4v) is 2.21. The first kappa shape index (κ1) is 17.2. The van der Waals surface area contributed by atoms with Gasteiger partial charge in [-0.25, -0.2) is 9.18 Å². The lowest BCUT2D eigenvalue weighted by Gasteiger charge is -2.17. The molecule has 6 heteroatoms. The number of nitrogens with zero attached hydrogens (tertiary/aromatic N) is 1. The van der Waals surface area contributed by atoms with E-state index in [1.807, 2.05) is 6.07 Å². The predicted octanol–water partition coefficient (Wildman–Crippen LogP) is 2.21. The number of benzene rings is 2. The molecule has 0 fully saturated rings. The van der Waals surface area contributed by atoms with Gasteiger partial charge in [0.05, 0.1) is 18.7 Å². The van der Waals surface area contributed by atoms with Gasteiger partial charge in [-0.3, -0.25) is 4.79 Å². The maximum Gasteiger partial charge on any atom is 0.328 e. The number of hydrogen-bond donors (Lipinski definition) is 1. The van der Waals surface area contributed by atoms with Gasteiger partial charge in [-0.1, -0.05) is 18.2 Å². The molecule has 0 saturated heterocycles. The van der Waals surface area contributed by atoms with E-state index >= 15 is 0 Å². The molecule has 0 aliphatic rings. The first-order chi connectivity index (χ1) is 11.5. The predicted molar refractivity (Wildman–Crippen MR) is 84.5 cm³/mol. The van der Waals surface area contributed by atoms with Crippen LogP contribution in [0.5, 0.6) is 0 Å². The molecule has 0 bridgehead atoms. The number of esters is 1. The van der Waals surface area contributed by atoms with Crippen LogP contribution in [-0.4, -0.2) is 25.0 Å². The Bertz CT molecular complexity index is 782. The van der Waals surface area contributed by atoms with Crippen molar-refractivity contribution in [2.45, 2.75) is 12.5 Å². The molecule has 0 saturated carbocycles. The van der Waals surface area contributed by atoms with Crippen LogP contribution < -0.4 is 5.32 Å². The van der Waals surface area contributed by atoms with Gasteiger partial charge in [0.1, 0.15) is 11.9 Å². The number of rotatable bonds is 5. The average molecular weight is 326 g/mol. The molecule has 0 radical (unpaired) electrons. The van der Waals surface area contributed by atoms with Crippen LogP contribution in [0.4, 0.5) is 4.39 Å². The molecule has 0 aliphatic heterocycles. The number of amides is 1. The highest BCUT2D eigenvalue weighted by Gasteiger charge is 2.23. The summed E-state index contributed by atoms with van der Waals surface area (Å²) in [6, 6.07) is 12.8. The van der Waals surface area contributed by atoms with E-state index in [4.69, 9.17) is 10.00 Å². The van der Waals surface area contributed by atoms with Crippen molar-refractivity contribution in [3.05, 3.63) is 71.0 Å². The average Bonchev–Trinajstić information content (AvgIpc) is 2.61. The Balaban J connectivity index is 2.20. The van der Waals surface area contributed by atoms with Gasteiger partial charge in [0.25, 0.3) is 5.91 Å². The molecular weight excluding hydrogens is 311 g/mol. The Morgan fingerprint density at radius 1 is 1.21 bits per heavy atom. The van der Waals surface area contributed by atoms with Crippen molar-refractivity contribution in [1.82, 2.24) is 5.32 Å². The van der Waals surface area contributed by atoms with E-state index in [0.717, 1.165) is 12.1 Å². The molecule has 2 aromatic rings. The van der Waals surface area contributed by atoms with E-state index in [-0.39, 0.29) is 12.0 Å². The van der Waals surface area contributed by atoms with Crippen molar-refractivity contribution in [1.29, 1.82) is 5.26 Å². The number of ether oxygens (including phenoxy) is 1. The number of carbonyl (C=O) groups is 2. The molecule has 0 aromatic heterocycles. The molecule has 2 aromatic carbocycles. The minimum atomic E-state index is -0.956. The second-order valence-electron chi connectivity index (χ2n) is 5.03. The molecule has 1 N–H and O–H groups in total. The van der Waals surface area contributed by atoms with Crippen LogP contribution in [0, 0.1) is 17.1 Å². The number of halogens is 1. The van der Waals surface area contributed by atoms with E-state index in [9.17, 15) is 14.0 Å². The molecule has 0 aliphatic carbocycles. The summed E-state index contributed by atoms with van der Waals surface area (Å²) in [5.41, 5.74) is 1.26. The fourth-order valence-electron chi connectivity index (χ4n) is 2.21. The van der Waals surface area contributed by atoms with Gasteiger partial charge < -0.3 is 10.1 Å². The highest BCUT2D eigenvalue weighted by Crippen LogP contribution is 2.12. The van der Waals surface area contributed by atoms with Gasteiger partial charge >= 0.3 is 5.97 Å². The number of hydrogen-bond acceptors (Lipinski definition) is 4. The number of carbonyl (C=O) groups excluding carboxylic acids is 2. The quantitative estimate of drug-likeness (QED) is 0.855. The van der Waals surface area contributed by atoms with Crippen LogP contribution in [0.25, 0.3) is 0 Å². The monoisotopic (exact) mass is 326 g/mol.